The molecule has 0 spiro atoms. The van der Waals surface area contributed by atoms with Gasteiger partial charge in [0, 0.05) is 16.2 Å². The van der Waals surface area contributed by atoms with Gasteiger partial charge in [0.2, 0.25) is 0 Å². The van der Waals surface area contributed by atoms with E-state index in [4.69, 9.17) is 14.8 Å². The Morgan fingerprint density at radius 2 is 0.864 bits per heavy atom. The van der Waals surface area contributed by atoms with Crippen LogP contribution in [0.15, 0.2) is 149 Å². The summed E-state index contributed by atoms with van der Waals surface area (Å²) in [5, 5.41) is 39.3. The molecule has 0 unspecified atom stereocenters. The van der Waals surface area contributed by atoms with E-state index < -0.39 is 0 Å². The fourth-order valence-electron chi connectivity index (χ4n) is 5.79. The fourth-order valence-corrected chi connectivity index (χ4v) is 5.79. The molecule has 0 aromatic heterocycles. The molecule has 4 rings (SSSR count). The van der Waals surface area contributed by atoms with Gasteiger partial charge in [-0.25, -0.2) is 0 Å². The van der Waals surface area contributed by atoms with Crippen LogP contribution in [-0.4, -0.2) is 33.7 Å². The van der Waals surface area contributed by atoms with E-state index in [1.165, 1.54) is 5.56 Å². The van der Waals surface area contributed by atoms with Gasteiger partial charge < -0.3 is 31.6 Å². The molecule has 7 nitrogen and oxygen atoms in total. The van der Waals surface area contributed by atoms with Crippen molar-refractivity contribution in [3.63, 3.8) is 0 Å². The minimum absolute atomic E-state index is 0. The molecule has 0 heterocycles. The Hall–Kier alpha value is -2.30. The largest absolute Gasteiger partial charge is 1.00 e. The molecule has 0 atom stereocenters. The van der Waals surface area contributed by atoms with Crippen LogP contribution in [0, 0.1) is 0 Å². The maximum Gasteiger partial charge on any atom is 1.00 e. The summed E-state index contributed by atoms with van der Waals surface area (Å²) < 4.78 is 5.77. The molecule has 306 valence electrons. The van der Waals surface area contributed by atoms with Crippen LogP contribution < -0.4 is 113 Å². The second kappa shape index (κ2) is 31.5. The predicted molar refractivity (Wildman–Crippen MR) is 239 cm³/mol. The normalized spacial score (nSPS) is 10.0. The second-order valence-corrected chi connectivity index (χ2v) is 14.5. The van der Waals surface area contributed by atoms with Crippen molar-refractivity contribution in [3.8, 4) is 23.0 Å². The van der Waals surface area contributed by atoms with Crippen LogP contribution in [0.25, 0.3) is 0 Å². The standard InChI is InChI=1S/C24H28O2.C21H24O2.C3H5Br.CH2O3.2K.H/c1-6-9-18-16-20(11-13-22(18)25)24(4,5)21-12-14-23(26-15-8-3)19(17-21)10-7-2;1-5-7-15-13-17(9-11-19(15)22)21(3,4)18-10-12-20(23)16(14-18)8-6-2;1-2-3-4;2-1-4-3;;;/h6-8,11-14,16-17,25H,1-3,9-10,15H2,4-5H3;5-6,9-14,22-23H,1-2,7-8H2,3-4H3;2H,1,3H2;1,3H;;;/q;;;;2*+1;-1/p-1. The predicted octanol–water partition coefficient (Wildman–Crippen LogP) is 4.74. The van der Waals surface area contributed by atoms with Crippen molar-refractivity contribution in [1.82, 2.24) is 0 Å². The van der Waals surface area contributed by atoms with E-state index in [0.717, 1.165) is 56.4 Å². The van der Waals surface area contributed by atoms with Gasteiger partial charge in [0.05, 0.1) is 0 Å². The first kappa shape index (κ1) is 58.8. The van der Waals surface area contributed by atoms with E-state index in [1.807, 2.05) is 42.5 Å². The van der Waals surface area contributed by atoms with Crippen LogP contribution in [0.5, 0.6) is 23.0 Å². The third-order valence-corrected chi connectivity index (χ3v) is 9.61. The van der Waals surface area contributed by atoms with Crippen LogP contribution in [0.3, 0.4) is 0 Å². The summed E-state index contributed by atoms with van der Waals surface area (Å²) in [5.74, 6) is 1.76. The third-order valence-electron chi connectivity index (χ3n) is 9.15. The maximum atomic E-state index is 10.1. The van der Waals surface area contributed by atoms with Gasteiger partial charge >= 0.3 is 103 Å². The number of allylic oxidation sites excluding steroid dienone is 5. The van der Waals surface area contributed by atoms with Gasteiger partial charge in [-0.3, -0.25) is 4.79 Å². The van der Waals surface area contributed by atoms with Crippen LogP contribution in [0.1, 0.15) is 73.6 Å². The Bertz CT molecular complexity index is 1890. The first-order valence-electron chi connectivity index (χ1n) is 18.3. The topological polar surface area (TPSA) is 119 Å². The smallest absolute Gasteiger partial charge is 1.00 e. The van der Waals surface area contributed by atoms with Crippen molar-refractivity contribution in [2.45, 2.75) is 64.2 Å². The minimum atomic E-state index is -0.243. The summed E-state index contributed by atoms with van der Waals surface area (Å²) in [6.45, 7) is 31.2. The van der Waals surface area contributed by atoms with Crippen LogP contribution in [0.4, 0.5) is 0 Å². The van der Waals surface area contributed by atoms with Crippen molar-refractivity contribution < 1.29 is 139 Å². The number of alkyl halides is 1. The fraction of sp³-hybridized carbons (Fsp3) is 0.245. The molecule has 0 fully saturated rings. The van der Waals surface area contributed by atoms with Crippen LogP contribution in [0.2, 0.25) is 0 Å². The van der Waals surface area contributed by atoms with E-state index in [1.54, 1.807) is 48.6 Å². The first-order valence-corrected chi connectivity index (χ1v) is 19.5. The SMILES string of the molecule is C=CCBr.C=CCOc1ccc(C(C)(C)c2ccc(O)c(CC=C)c2)cc1CC=C.C=CCc1cc(C(C)(C)c2ccc(O)c(CC=C)c2)ccc1O.O=CO[O-].[H-].[K+].[K+]. The molecular weight excluding hydrogens is 859 g/mol. The average Bonchev–Trinajstić information content (AvgIpc) is 3.20. The van der Waals surface area contributed by atoms with Crippen molar-refractivity contribution in [2.24, 2.45) is 0 Å². The third kappa shape index (κ3) is 19.1. The van der Waals surface area contributed by atoms with Crippen molar-refractivity contribution in [2.75, 3.05) is 11.9 Å². The Morgan fingerprint density at radius 1 is 0.576 bits per heavy atom. The number of halogens is 1. The number of carbonyl (C=O) groups excluding carboxylic acids is 1. The van der Waals surface area contributed by atoms with Gasteiger partial charge in [-0.15, -0.1) is 32.9 Å². The van der Waals surface area contributed by atoms with Gasteiger partial charge in [0.25, 0.3) is 6.47 Å². The maximum absolute atomic E-state index is 10.1. The number of carbonyl (C=O) groups is 1. The number of hydrogen-bond acceptors (Lipinski definition) is 7. The van der Waals surface area contributed by atoms with E-state index in [0.29, 0.717) is 43.1 Å². The summed E-state index contributed by atoms with van der Waals surface area (Å²) in [4.78, 5) is 11.2. The molecule has 0 radical (unpaired) electrons. The molecular formula is C49H59BrK2O7. The van der Waals surface area contributed by atoms with Crippen LogP contribution in [-0.2, 0) is 46.2 Å². The van der Waals surface area contributed by atoms with E-state index in [9.17, 15) is 15.3 Å². The molecule has 0 aliphatic heterocycles. The van der Waals surface area contributed by atoms with Crippen molar-refractivity contribution in [1.29, 1.82) is 0 Å². The molecule has 10 heteroatoms. The Morgan fingerprint density at radius 3 is 1.14 bits per heavy atom. The molecule has 0 saturated heterocycles. The number of aromatic hydroxyl groups is 3. The molecule has 0 bridgehead atoms. The Labute approximate surface area is 447 Å². The first-order chi connectivity index (χ1) is 27.2. The number of hydrogen-bond donors (Lipinski definition) is 3. The zero-order valence-corrected chi connectivity index (χ0v) is 43.6. The zero-order valence-electron chi connectivity index (χ0n) is 36.8. The Kier molecular flexibility index (Phi) is 31.4. The van der Waals surface area contributed by atoms with Crippen molar-refractivity contribution in [3.05, 3.63) is 193 Å². The molecule has 0 aliphatic carbocycles. The van der Waals surface area contributed by atoms with Gasteiger partial charge in [-0.05, 0) is 94.5 Å². The van der Waals surface area contributed by atoms with E-state index >= 15 is 0 Å². The van der Waals surface area contributed by atoms with Gasteiger partial charge in [-0.1, -0.05) is 135 Å². The monoisotopic (exact) mass is 916 g/mol. The molecule has 4 aromatic rings. The zero-order chi connectivity index (χ0) is 43.0. The summed E-state index contributed by atoms with van der Waals surface area (Å²) >= 11 is 3.13. The molecule has 0 aliphatic rings. The Balaban J connectivity index is -0.000000883. The minimum Gasteiger partial charge on any atom is -1.00 e. The van der Waals surface area contributed by atoms with Gasteiger partial charge in [0.15, 0.2) is 0 Å². The molecule has 4 aromatic carbocycles. The number of phenolic OH excluding ortho intramolecular Hbond substituents is 3. The molecule has 0 saturated carbocycles. The molecule has 0 amide bonds. The van der Waals surface area contributed by atoms with Crippen molar-refractivity contribution >= 4 is 22.4 Å². The summed E-state index contributed by atoms with van der Waals surface area (Å²) in [5.41, 5.74) is 7.85. The summed E-state index contributed by atoms with van der Waals surface area (Å²) in [6, 6.07) is 23.5. The van der Waals surface area contributed by atoms with Crippen LogP contribution >= 0.6 is 15.9 Å². The van der Waals surface area contributed by atoms with E-state index in [-0.39, 0.29) is 121 Å². The number of rotatable bonds is 17. The number of phenols is 3. The van der Waals surface area contributed by atoms with Gasteiger partial charge in [0.1, 0.15) is 29.6 Å². The molecule has 3 N–H and O–H groups in total. The summed E-state index contributed by atoms with van der Waals surface area (Å²) in [7, 11) is 0. The van der Waals surface area contributed by atoms with E-state index in [2.05, 4.69) is 106 Å². The number of ether oxygens (including phenoxy) is 1. The molecule has 59 heavy (non-hydrogen) atoms. The second-order valence-electron chi connectivity index (χ2n) is 13.8. The average molecular weight is 918 g/mol. The quantitative estimate of drug-likeness (QED) is 0.0350. The summed E-state index contributed by atoms with van der Waals surface area (Å²) in [6.07, 6.45) is 13.4. The number of benzene rings is 4. The van der Waals surface area contributed by atoms with Gasteiger partial charge in [-0.2, -0.15) is 0 Å².